The summed E-state index contributed by atoms with van der Waals surface area (Å²) < 4.78 is 11.1. The molecule has 132 valence electrons. The van der Waals surface area contributed by atoms with Crippen LogP contribution in [0.15, 0.2) is 24.3 Å². The molecule has 7 nitrogen and oxygen atoms in total. The molecule has 0 radical (unpaired) electrons. The first-order chi connectivity index (χ1) is 11.5. The Hall–Kier alpha value is -2.44. The number of amides is 3. The van der Waals surface area contributed by atoms with Gasteiger partial charge >= 0.3 is 6.03 Å². The third-order valence-corrected chi connectivity index (χ3v) is 3.79. The Bertz CT molecular complexity index is 569. The Balaban J connectivity index is 1.83. The van der Waals surface area contributed by atoms with Crippen LogP contribution in [0.3, 0.4) is 0 Å². The minimum absolute atomic E-state index is 0.0241. The van der Waals surface area contributed by atoms with Gasteiger partial charge in [-0.15, -0.1) is 0 Å². The standard InChI is InChI=1S/C17H25N3O4/c1-4-23-14-7-5-6-8-15(14)24-13-16(21)19-9-11-20(12-10-19)17(22)18(2)3/h5-8H,4,9-13H2,1-3H3. The van der Waals surface area contributed by atoms with Gasteiger partial charge in [0.1, 0.15) is 0 Å². The normalized spacial score (nSPS) is 14.3. The average Bonchev–Trinajstić information content (AvgIpc) is 2.60. The first-order valence-corrected chi connectivity index (χ1v) is 8.11. The molecule has 0 N–H and O–H groups in total. The van der Waals surface area contributed by atoms with Gasteiger partial charge in [0.15, 0.2) is 18.1 Å². The number of rotatable bonds is 5. The number of urea groups is 1. The number of hydrogen-bond donors (Lipinski definition) is 0. The molecule has 0 aromatic heterocycles. The van der Waals surface area contributed by atoms with Gasteiger partial charge in [-0.1, -0.05) is 12.1 Å². The second-order valence-electron chi connectivity index (χ2n) is 5.71. The Labute approximate surface area is 142 Å². The van der Waals surface area contributed by atoms with Crippen LogP contribution in [-0.4, -0.2) is 80.1 Å². The van der Waals surface area contributed by atoms with Crippen LogP contribution in [0.4, 0.5) is 4.79 Å². The van der Waals surface area contributed by atoms with Gasteiger partial charge in [-0.25, -0.2) is 4.79 Å². The highest BCUT2D eigenvalue weighted by molar-refractivity contribution is 5.79. The Morgan fingerprint density at radius 1 is 1.00 bits per heavy atom. The lowest BCUT2D eigenvalue weighted by Crippen LogP contribution is -2.53. The molecule has 3 amide bonds. The van der Waals surface area contributed by atoms with Crippen LogP contribution in [0.5, 0.6) is 11.5 Å². The highest BCUT2D eigenvalue weighted by atomic mass is 16.5. The quantitative estimate of drug-likeness (QED) is 0.813. The number of carbonyl (C=O) groups is 2. The third-order valence-electron chi connectivity index (χ3n) is 3.79. The molecule has 0 unspecified atom stereocenters. The first kappa shape index (κ1) is 17.9. The summed E-state index contributed by atoms with van der Waals surface area (Å²) in [6.07, 6.45) is 0. The summed E-state index contributed by atoms with van der Waals surface area (Å²) in [6.45, 7) is 4.53. The zero-order valence-corrected chi connectivity index (χ0v) is 14.5. The van der Waals surface area contributed by atoms with E-state index in [0.29, 0.717) is 44.3 Å². The highest BCUT2D eigenvalue weighted by Gasteiger charge is 2.25. The van der Waals surface area contributed by atoms with Crippen molar-refractivity contribution in [1.29, 1.82) is 0 Å². The van der Waals surface area contributed by atoms with Gasteiger partial charge in [0.25, 0.3) is 5.91 Å². The first-order valence-electron chi connectivity index (χ1n) is 8.11. The SMILES string of the molecule is CCOc1ccccc1OCC(=O)N1CCN(C(=O)N(C)C)CC1. The number of piperazine rings is 1. The van der Waals surface area contributed by atoms with Crippen molar-refractivity contribution in [2.24, 2.45) is 0 Å². The van der Waals surface area contributed by atoms with E-state index in [1.807, 2.05) is 25.1 Å². The van der Waals surface area contributed by atoms with Crippen molar-refractivity contribution >= 4 is 11.9 Å². The van der Waals surface area contributed by atoms with Crippen molar-refractivity contribution in [3.8, 4) is 11.5 Å². The molecule has 1 fully saturated rings. The summed E-state index contributed by atoms with van der Waals surface area (Å²) in [7, 11) is 3.45. The largest absolute Gasteiger partial charge is 0.490 e. The second kappa shape index (κ2) is 8.42. The molecule has 1 aromatic rings. The van der Waals surface area contributed by atoms with Crippen molar-refractivity contribution < 1.29 is 19.1 Å². The van der Waals surface area contributed by atoms with E-state index in [2.05, 4.69) is 0 Å². The predicted molar refractivity (Wildman–Crippen MR) is 90.3 cm³/mol. The molecule has 1 aromatic carbocycles. The van der Waals surface area contributed by atoms with Gasteiger partial charge in [0.05, 0.1) is 6.61 Å². The van der Waals surface area contributed by atoms with E-state index in [9.17, 15) is 9.59 Å². The van der Waals surface area contributed by atoms with Crippen molar-refractivity contribution in [2.45, 2.75) is 6.92 Å². The minimum atomic E-state index is -0.0850. The van der Waals surface area contributed by atoms with Crippen LogP contribution in [0.1, 0.15) is 6.92 Å². The van der Waals surface area contributed by atoms with Crippen molar-refractivity contribution in [2.75, 3.05) is 53.5 Å². The summed E-state index contributed by atoms with van der Waals surface area (Å²) in [6, 6.07) is 7.28. The van der Waals surface area contributed by atoms with E-state index in [4.69, 9.17) is 9.47 Å². The Morgan fingerprint density at radius 3 is 2.08 bits per heavy atom. The number of ether oxygens (including phenoxy) is 2. The lowest BCUT2D eigenvalue weighted by atomic mass is 10.3. The molecule has 1 saturated heterocycles. The molecule has 24 heavy (non-hydrogen) atoms. The van der Waals surface area contributed by atoms with E-state index < -0.39 is 0 Å². The van der Waals surface area contributed by atoms with Crippen LogP contribution in [-0.2, 0) is 4.79 Å². The number of benzene rings is 1. The van der Waals surface area contributed by atoms with E-state index in [1.165, 1.54) is 0 Å². The van der Waals surface area contributed by atoms with Crippen LogP contribution < -0.4 is 9.47 Å². The van der Waals surface area contributed by atoms with Gasteiger partial charge in [-0.05, 0) is 19.1 Å². The summed E-state index contributed by atoms with van der Waals surface area (Å²) in [5.74, 6) is 1.11. The maximum Gasteiger partial charge on any atom is 0.319 e. The van der Waals surface area contributed by atoms with Gasteiger partial charge in [-0.2, -0.15) is 0 Å². The summed E-state index contributed by atoms with van der Waals surface area (Å²) in [4.78, 5) is 29.2. The number of carbonyl (C=O) groups excluding carboxylic acids is 2. The third kappa shape index (κ3) is 4.53. The minimum Gasteiger partial charge on any atom is -0.490 e. The molecular formula is C17H25N3O4. The monoisotopic (exact) mass is 335 g/mol. The summed E-state index contributed by atoms with van der Waals surface area (Å²) >= 11 is 0. The molecule has 0 bridgehead atoms. The lowest BCUT2D eigenvalue weighted by molar-refractivity contribution is -0.134. The fraction of sp³-hybridized carbons (Fsp3) is 0.529. The van der Waals surface area contributed by atoms with Crippen molar-refractivity contribution in [3.63, 3.8) is 0 Å². The van der Waals surface area contributed by atoms with E-state index in [0.717, 1.165) is 0 Å². The topological polar surface area (TPSA) is 62.3 Å². The Kier molecular flexibility index (Phi) is 6.28. The Morgan fingerprint density at radius 2 is 1.54 bits per heavy atom. The van der Waals surface area contributed by atoms with Crippen molar-refractivity contribution in [3.05, 3.63) is 24.3 Å². The van der Waals surface area contributed by atoms with Crippen LogP contribution >= 0.6 is 0 Å². The van der Waals surface area contributed by atoms with Crippen LogP contribution in [0.2, 0.25) is 0 Å². The number of para-hydroxylation sites is 2. The van der Waals surface area contributed by atoms with E-state index in [1.54, 1.807) is 34.9 Å². The molecule has 2 rings (SSSR count). The molecule has 0 aliphatic carbocycles. The molecule has 1 aliphatic heterocycles. The van der Waals surface area contributed by atoms with Gasteiger partial charge in [0.2, 0.25) is 0 Å². The van der Waals surface area contributed by atoms with Gasteiger partial charge in [0, 0.05) is 40.3 Å². The van der Waals surface area contributed by atoms with E-state index in [-0.39, 0.29) is 18.5 Å². The van der Waals surface area contributed by atoms with Crippen LogP contribution in [0, 0.1) is 0 Å². The molecule has 0 spiro atoms. The zero-order valence-electron chi connectivity index (χ0n) is 14.5. The highest BCUT2D eigenvalue weighted by Crippen LogP contribution is 2.26. The maximum absolute atomic E-state index is 12.3. The molecule has 0 saturated carbocycles. The zero-order chi connectivity index (χ0) is 17.5. The molecule has 7 heteroatoms. The molecule has 1 heterocycles. The smallest absolute Gasteiger partial charge is 0.319 e. The summed E-state index contributed by atoms with van der Waals surface area (Å²) in [5.41, 5.74) is 0. The number of hydrogen-bond acceptors (Lipinski definition) is 4. The van der Waals surface area contributed by atoms with Crippen molar-refractivity contribution in [1.82, 2.24) is 14.7 Å². The average molecular weight is 335 g/mol. The maximum atomic E-state index is 12.3. The second-order valence-corrected chi connectivity index (χ2v) is 5.71. The fourth-order valence-electron chi connectivity index (χ4n) is 2.50. The van der Waals surface area contributed by atoms with Crippen LogP contribution in [0.25, 0.3) is 0 Å². The van der Waals surface area contributed by atoms with Gasteiger partial charge in [-0.3, -0.25) is 4.79 Å². The molecule has 0 atom stereocenters. The van der Waals surface area contributed by atoms with E-state index >= 15 is 0 Å². The predicted octanol–water partition coefficient (Wildman–Crippen LogP) is 1.29. The molecular weight excluding hydrogens is 310 g/mol. The summed E-state index contributed by atoms with van der Waals surface area (Å²) in [5, 5.41) is 0. The molecule has 1 aliphatic rings. The van der Waals surface area contributed by atoms with Gasteiger partial charge < -0.3 is 24.2 Å². The fourth-order valence-corrected chi connectivity index (χ4v) is 2.50. The lowest BCUT2D eigenvalue weighted by Gasteiger charge is -2.35. The number of nitrogens with zero attached hydrogens (tertiary/aromatic N) is 3.